The van der Waals surface area contributed by atoms with E-state index in [1.807, 2.05) is 4.90 Å². The second kappa shape index (κ2) is 7.94. The van der Waals surface area contributed by atoms with E-state index in [1.165, 1.54) is 13.2 Å². The number of alkyl halides is 2. The van der Waals surface area contributed by atoms with Crippen LogP contribution in [0.15, 0.2) is 42.5 Å². The Morgan fingerprint density at radius 2 is 1.85 bits per heavy atom. The number of hydrogen-bond acceptors (Lipinski definition) is 3. The first-order chi connectivity index (χ1) is 12.9. The summed E-state index contributed by atoms with van der Waals surface area (Å²) in [5.74, 6) is -2.85. The lowest BCUT2D eigenvalue weighted by Gasteiger charge is -2.32. The molecule has 0 bridgehead atoms. The first-order valence-electron chi connectivity index (χ1n) is 9.11. The molecule has 1 N–H and O–H groups in total. The van der Waals surface area contributed by atoms with Gasteiger partial charge in [0, 0.05) is 48.6 Å². The number of amides is 1. The molecule has 27 heavy (non-hydrogen) atoms. The van der Waals surface area contributed by atoms with Crippen LogP contribution in [0.3, 0.4) is 0 Å². The molecule has 2 aromatic rings. The van der Waals surface area contributed by atoms with Crippen LogP contribution in [0.25, 0.3) is 0 Å². The lowest BCUT2D eigenvalue weighted by molar-refractivity contribution is 0.0179. The number of carbonyl (C=O) groups is 1. The zero-order chi connectivity index (χ0) is 19.4. The maximum Gasteiger partial charge on any atom is 0.272 e. The van der Waals surface area contributed by atoms with Crippen LogP contribution in [-0.4, -0.2) is 26.1 Å². The molecule has 1 heterocycles. The third-order valence-corrected chi connectivity index (χ3v) is 4.76. The number of benzene rings is 2. The van der Waals surface area contributed by atoms with Crippen molar-refractivity contribution in [2.75, 3.05) is 30.4 Å². The summed E-state index contributed by atoms with van der Waals surface area (Å²) in [7, 11) is 1.54. The standard InChI is InChI=1S/C21H24F2N2O2/c1-21(22,23)18-13-15(9-10-19(18)25-11-4-3-5-12-25)20(26)24-16-7-6-8-17(14-16)27-2/h6-10,13-14H,3-5,11-12H2,1-2H3,(H,24,26). The van der Waals surface area contributed by atoms with Crippen LogP contribution in [0.5, 0.6) is 5.75 Å². The Hall–Kier alpha value is -2.63. The summed E-state index contributed by atoms with van der Waals surface area (Å²) >= 11 is 0. The Kier molecular flexibility index (Phi) is 5.63. The van der Waals surface area contributed by atoms with E-state index in [4.69, 9.17) is 4.74 Å². The summed E-state index contributed by atoms with van der Waals surface area (Å²) in [6, 6.07) is 11.5. The number of nitrogens with zero attached hydrogens (tertiary/aromatic N) is 1. The Balaban J connectivity index is 1.88. The van der Waals surface area contributed by atoms with Gasteiger partial charge in [-0.1, -0.05) is 6.07 Å². The molecule has 1 aliphatic rings. The van der Waals surface area contributed by atoms with Gasteiger partial charge in [-0.25, -0.2) is 8.78 Å². The highest BCUT2D eigenvalue weighted by molar-refractivity contribution is 6.04. The molecule has 1 amide bonds. The summed E-state index contributed by atoms with van der Waals surface area (Å²) in [6.07, 6.45) is 3.11. The number of nitrogens with one attached hydrogen (secondary N) is 1. The van der Waals surface area contributed by atoms with Gasteiger partial charge in [-0.05, 0) is 49.6 Å². The third kappa shape index (κ3) is 4.56. The van der Waals surface area contributed by atoms with Gasteiger partial charge < -0.3 is 15.0 Å². The van der Waals surface area contributed by atoms with Gasteiger partial charge in [0.15, 0.2) is 0 Å². The minimum Gasteiger partial charge on any atom is -0.497 e. The van der Waals surface area contributed by atoms with Crippen molar-refractivity contribution in [3.05, 3.63) is 53.6 Å². The predicted molar refractivity (Wildman–Crippen MR) is 103 cm³/mol. The lowest BCUT2D eigenvalue weighted by atomic mass is 10.0. The Morgan fingerprint density at radius 1 is 1.11 bits per heavy atom. The van der Waals surface area contributed by atoms with Crippen molar-refractivity contribution < 1.29 is 18.3 Å². The smallest absolute Gasteiger partial charge is 0.272 e. The number of carbonyl (C=O) groups excluding carboxylic acids is 1. The Morgan fingerprint density at radius 3 is 2.52 bits per heavy atom. The minimum absolute atomic E-state index is 0.109. The highest BCUT2D eigenvalue weighted by Crippen LogP contribution is 2.37. The average molecular weight is 374 g/mol. The number of rotatable bonds is 5. The molecular formula is C21H24F2N2O2. The van der Waals surface area contributed by atoms with Gasteiger partial charge in [-0.3, -0.25) is 4.79 Å². The highest BCUT2D eigenvalue weighted by Gasteiger charge is 2.31. The van der Waals surface area contributed by atoms with E-state index in [0.717, 1.165) is 39.3 Å². The minimum atomic E-state index is -3.03. The van der Waals surface area contributed by atoms with Gasteiger partial charge in [-0.15, -0.1) is 0 Å². The van der Waals surface area contributed by atoms with Crippen molar-refractivity contribution in [1.82, 2.24) is 0 Å². The highest BCUT2D eigenvalue weighted by atomic mass is 19.3. The molecule has 0 aliphatic carbocycles. The molecule has 0 saturated carbocycles. The third-order valence-electron chi connectivity index (χ3n) is 4.76. The zero-order valence-electron chi connectivity index (χ0n) is 15.6. The summed E-state index contributed by atoms with van der Waals surface area (Å²) in [5, 5.41) is 2.73. The van der Waals surface area contributed by atoms with Gasteiger partial charge in [0.2, 0.25) is 0 Å². The molecule has 144 valence electrons. The largest absolute Gasteiger partial charge is 0.497 e. The van der Waals surface area contributed by atoms with E-state index in [-0.39, 0.29) is 11.1 Å². The molecule has 0 radical (unpaired) electrons. The summed E-state index contributed by atoms with van der Waals surface area (Å²) in [4.78, 5) is 14.6. The molecule has 0 unspecified atom stereocenters. The molecule has 1 saturated heterocycles. The fourth-order valence-corrected chi connectivity index (χ4v) is 3.34. The van der Waals surface area contributed by atoms with E-state index in [9.17, 15) is 13.6 Å². The number of anilines is 2. The van der Waals surface area contributed by atoms with E-state index >= 15 is 0 Å². The van der Waals surface area contributed by atoms with Crippen LogP contribution in [0, 0.1) is 0 Å². The van der Waals surface area contributed by atoms with Crippen molar-refractivity contribution in [2.24, 2.45) is 0 Å². The zero-order valence-corrected chi connectivity index (χ0v) is 15.6. The number of piperidine rings is 1. The van der Waals surface area contributed by atoms with Crippen molar-refractivity contribution in [3.63, 3.8) is 0 Å². The normalized spacial score (nSPS) is 14.7. The van der Waals surface area contributed by atoms with Crippen molar-refractivity contribution in [1.29, 1.82) is 0 Å². The second-order valence-corrected chi connectivity index (χ2v) is 6.85. The van der Waals surface area contributed by atoms with Crippen LogP contribution in [0.1, 0.15) is 42.1 Å². The molecule has 4 nitrogen and oxygen atoms in total. The van der Waals surface area contributed by atoms with Crippen LogP contribution < -0.4 is 15.0 Å². The van der Waals surface area contributed by atoms with Crippen LogP contribution in [-0.2, 0) is 5.92 Å². The number of ether oxygens (including phenoxy) is 1. The Bertz CT molecular complexity index is 812. The summed E-state index contributed by atoms with van der Waals surface area (Å²) < 4.78 is 33.7. The molecule has 0 aromatic heterocycles. The second-order valence-electron chi connectivity index (χ2n) is 6.85. The SMILES string of the molecule is COc1cccc(NC(=O)c2ccc(N3CCCCC3)c(C(C)(F)F)c2)c1. The molecule has 2 aromatic carbocycles. The summed E-state index contributed by atoms with van der Waals surface area (Å²) in [6.45, 7) is 2.40. The molecule has 3 rings (SSSR count). The van der Waals surface area contributed by atoms with Gasteiger partial charge in [-0.2, -0.15) is 0 Å². The molecule has 0 spiro atoms. The quantitative estimate of drug-likeness (QED) is 0.796. The number of halogens is 2. The monoisotopic (exact) mass is 374 g/mol. The Labute approximate surface area is 158 Å². The molecule has 6 heteroatoms. The van der Waals surface area contributed by atoms with Crippen molar-refractivity contribution in [3.8, 4) is 5.75 Å². The summed E-state index contributed by atoms with van der Waals surface area (Å²) in [5.41, 5.74) is 1.15. The number of methoxy groups -OCH3 is 1. The molecule has 1 aliphatic heterocycles. The van der Waals surface area contributed by atoms with E-state index in [1.54, 1.807) is 36.4 Å². The fraction of sp³-hybridized carbons (Fsp3) is 0.381. The first-order valence-corrected chi connectivity index (χ1v) is 9.11. The van der Waals surface area contributed by atoms with E-state index in [0.29, 0.717) is 17.1 Å². The van der Waals surface area contributed by atoms with Crippen LogP contribution in [0.4, 0.5) is 20.2 Å². The molecular weight excluding hydrogens is 350 g/mol. The van der Waals surface area contributed by atoms with Gasteiger partial charge in [0.1, 0.15) is 5.75 Å². The number of hydrogen-bond donors (Lipinski definition) is 1. The van der Waals surface area contributed by atoms with Crippen LogP contribution >= 0.6 is 0 Å². The van der Waals surface area contributed by atoms with Gasteiger partial charge >= 0.3 is 0 Å². The fourth-order valence-electron chi connectivity index (χ4n) is 3.34. The van der Waals surface area contributed by atoms with Crippen LogP contribution in [0.2, 0.25) is 0 Å². The van der Waals surface area contributed by atoms with E-state index < -0.39 is 11.8 Å². The maximum atomic E-state index is 14.3. The lowest BCUT2D eigenvalue weighted by Crippen LogP contribution is -2.31. The predicted octanol–water partition coefficient (Wildman–Crippen LogP) is 5.05. The first kappa shape index (κ1) is 19.1. The molecule has 0 atom stereocenters. The van der Waals surface area contributed by atoms with E-state index in [2.05, 4.69) is 5.32 Å². The average Bonchev–Trinajstić information content (AvgIpc) is 2.67. The maximum absolute atomic E-state index is 14.3. The van der Waals surface area contributed by atoms with Crippen molar-refractivity contribution >= 4 is 17.3 Å². The van der Waals surface area contributed by atoms with Gasteiger partial charge in [0.05, 0.1) is 7.11 Å². The topological polar surface area (TPSA) is 41.6 Å². The van der Waals surface area contributed by atoms with Crippen molar-refractivity contribution in [2.45, 2.75) is 32.1 Å². The molecule has 1 fully saturated rings. The van der Waals surface area contributed by atoms with Gasteiger partial charge in [0.25, 0.3) is 11.8 Å².